The molecule has 0 amide bonds. The smallest absolute Gasteiger partial charge is 0.198 e. The summed E-state index contributed by atoms with van der Waals surface area (Å²) in [6, 6.07) is 60.4. The molecule has 9 aromatic rings. The van der Waals surface area contributed by atoms with Gasteiger partial charge >= 0.3 is 0 Å². The molecule has 2 nitrogen and oxygen atoms in total. The summed E-state index contributed by atoms with van der Waals surface area (Å²) in [5.74, 6) is 0. The Hall–Kier alpha value is -6.32. The van der Waals surface area contributed by atoms with E-state index in [0.717, 1.165) is 18.7 Å². The summed E-state index contributed by atoms with van der Waals surface area (Å²) in [5.41, 5.74) is 18.0. The maximum Gasteiger partial charge on any atom is 0.198 e. The minimum atomic E-state index is -0.0935. The van der Waals surface area contributed by atoms with Crippen molar-refractivity contribution >= 4 is 62.0 Å². The fourth-order valence-corrected chi connectivity index (χ4v) is 9.38. The van der Waals surface area contributed by atoms with Crippen LogP contribution in [0.5, 0.6) is 0 Å². The maximum atomic E-state index is 3.91. The van der Waals surface area contributed by atoms with E-state index in [9.17, 15) is 0 Å². The Labute approximate surface area is 304 Å². The molecule has 1 aliphatic carbocycles. The summed E-state index contributed by atoms with van der Waals surface area (Å²) in [5, 5.41) is 10.3. The number of fused-ring (bicyclic) bond motifs is 9. The average molecular weight is 663 g/mol. The van der Waals surface area contributed by atoms with Gasteiger partial charge in [0.15, 0.2) is 7.28 Å². The van der Waals surface area contributed by atoms with Crippen molar-refractivity contribution in [3.8, 4) is 39.2 Å². The minimum absolute atomic E-state index is 0.0935. The second-order valence-electron chi connectivity index (χ2n) is 15.0. The zero-order valence-electron chi connectivity index (χ0n) is 29.2. The number of hydrogen-bond acceptors (Lipinski definition) is 1. The Morgan fingerprint density at radius 1 is 0.558 bits per heavy atom. The van der Waals surface area contributed by atoms with Crippen molar-refractivity contribution < 1.29 is 0 Å². The first kappa shape index (κ1) is 29.4. The monoisotopic (exact) mass is 662 g/mol. The van der Waals surface area contributed by atoms with Gasteiger partial charge in [0, 0.05) is 44.5 Å². The van der Waals surface area contributed by atoms with Crippen LogP contribution in [0.1, 0.15) is 25.0 Å². The predicted molar refractivity (Wildman–Crippen MR) is 223 cm³/mol. The molecule has 11 rings (SSSR count). The molecule has 244 valence electrons. The first-order chi connectivity index (χ1) is 25.5. The summed E-state index contributed by atoms with van der Waals surface area (Å²) in [7, 11) is 0.871. The molecule has 52 heavy (non-hydrogen) atoms. The highest BCUT2D eigenvalue weighted by Crippen LogP contribution is 2.54. The molecular formula is C49H35BN2. The van der Waals surface area contributed by atoms with Crippen LogP contribution in [0, 0.1) is 0 Å². The van der Waals surface area contributed by atoms with Gasteiger partial charge in [-0.1, -0.05) is 153 Å². The van der Waals surface area contributed by atoms with Gasteiger partial charge in [-0.15, -0.1) is 0 Å². The van der Waals surface area contributed by atoms with Crippen LogP contribution in [-0.4, -0.2) is 11.8 Å². The SMILES string of the molecule is CC1(C)c2ccccc2-c2c1c1cccc3c1n2-c1cc2ccccc2c(-c2cc4ccccc4cc2Nc2ccc(-c4ccccc4)cc2)c1B3. The van der Waals surface area contributed by atoms with Crippen LogP contribution < -0.4 is 16.2 Å². The van der Waals surface area contributed by atoms with Crippen molar-refractivity contribution in [2.45, 2.75) is 19.3 Å². The first-order valence-electron chi connectivity index (χ1n) is 18.3. The molecule has 2 heterocycles. The van der Waals surface area contributed by atoms with Crippen LogP contribution in [-0.2, 0) is 5.41 Å². The van der Waals surface area contributed by atoms with Crippen LogP contribution in [0.2, 0.25) is 0 Å². The van der Waals surface area contributed by atoms with E-state index in [-0.39, 0.29) is 5.41 Å². The lowest BCUT2D eigenvalue weighted by Crippen LogP contribution is -2.37. The molecule has 3 heteroatoms. The van der Waals surface area contributed by atoms with E-state index >= 15 is 0 Å². The van der Waals surface area contributed by atoms with Crippen LogP contribution in [0.15, 0.2) is 164 Å². The van der Waals surface area contributed by atoms with Crippen LogP contribution in [0.25, 0.3) is 71.6 Å². The maximum absolute atomic E-state index is 3.91. The third kappa shape index (κ3) is 4.14. The number of rotatable bonds is 4. The Morgan fingerprint density at radius 2 is 1.23 bits per heavy atom. The lowest BCUT2D eigenvalue weighted by Gasteiger charge is -2.27. The third-order valence-electron chi connectivity index (χ3n) is 11.7. The number of hydrogen-bond donors (Lipinski definition) is 1. The van der Waals surface area contributed by atoms with E-state index in [1.54, 1.807) is 0 Å². The van der Waals surface area contributed by atoms with Crippen molar-refractivity contribution in [1.29, 1.82) is 0 Å². The van der Waals surface area contributed by atoms with E-state index in [0.29, 0.717) is 0 Å². The van der Waals surface area contributed by atoms with Crippen LogP contribution in [0.4, 0.5) is 11.4 Å². The topological polar surface area (TPSA) is 17.0 Å². The number of nitrogens with zero attached hydrogens (tertiary/aromatic N) is 1. The van der Waals surface area contributed by atoms with Crippen molar-refractivity contribution in [3.63, 3.8) is 0 Å². The lowest BCUT2D eigenvalue weighted by atomic mass is 9.58. The molecule has 1 aromatic heterocycles. The van der Waals surface area contributed by atoms with Gasteiger partial charge in [-0.25, -0.2) is 0 Å². The van der Waals surface area contributed by atoms with Gasteiger partial charge in [-0.2, -0.15) is 0 Å². The third-order valence-corrected chi connectivity index (χ3v) is 11.7. The van der Waals surface area contributed by atoms with E-state index in [2.05, 4.69) is 188 Å². The van der Waals surface area contributed by atoms with E-state index in [1.807, 2.05) is 0 Å². The van der Waals surface area contributed by atoms with Crippen molar-refractivity contribution in [1.82, 2.24) is 4.57 Å². The zero-order valence-corrected chi connectivity index (χ0v) is 29.2. The lowest BCUT2D eigenvalue weighted by molar-refractivity contribution is 0.666. The molecule has 0 fully saturated rings. The Bertz CT molecular complexity index is 2920. The molecule has 0 bridgehead atoms. The average Bonchev–Trinajstić information content (AvgIpc) is 3.66. The molecule has 0 atom stereocenters. The quantitative estimate of drug-likeness (QED) is 0.186. The van der Waals surface area contributed by atoms with Crippen molar-refractivity contribution in [2.75, 3.05) is 5.32 Å². The second kappa shape index (κ2) is 10.8. The molecule has 0 saturated carbocycles. The summed E-state index contributed by atoms with van der Waals surface area (Å²) < 4.78 is 2.62. The summed E-state index contributed by atoms with van der Waals surface area (Å²) in [6.07, 6.45) is 0. The fraction of sp³-hybridized carbons (Fsp3) is 0.0612. The van der Waals surface area contributed by atoms with Crippen molar-refractivity contribution in [3.05, 3.63) is 175 Å². The van der Waals surface area contributed by atoms with E-state index < -0.39 is 0 Å². The molecule has 0 radical (unpaired) electrons. The summed E-state index contributed by atoms with van der Waals surface area (Å²) >= 11 is 0. The zero-order chi connectivity index (χ0) is 34.6. The molecule has 0 saturated heterocycles. The molecule has 1 N–H and O–H groups in total. The Morgan fingerprint density at radius 3 is 2.06 bits per heavy atom. The highest BCUT2D eigenvalue weighted by molar-refractivity contribution is 6.73. The molecule has 1 aliphatic heterocycles. The fourth-order valence-electron chi connectivity index (χ4n) is 9.38. The summed E-state index contributed by atoms with van der Waals surface area (Å²) in [4.78, 5) is 0. The van der Waals surface area contributed by atoms with Gasteiger partial charge in [0.2, 0.25) is 0 Å². The van der Waals surface area contributed by atoms with Crippen LogP contribution >= 0.6 is 0 Å². The van der Waals surface area contributed by atoms with Gasteiger partial charge in [0.25, 0.3) is 0 Å². The molecule has 8 aromatic carbocycles. The molecule has 2 aliphatic rings. The summed E-state index contributed by atoms with van der Waals surface area (Å²) in [6.45, 7) is 4.80. The second-order valence-corrected chi connectivity index (χ2v) is 15.0. The normalized spacial score (nSPS) is 13.5. The standard InChI is InChI=1S/C49H35BN2/c1-49(2)40-21-11-10-19-37(40)48-45(49)38-20-12-22-41-47(38)52(48)43-29-34-17-8-9-18-36(34)44(46(43)50-41)39-27-32-15-6-7-16-33(32)28-42(39)51-35-25-23-31(24-26-35)30-13-4-3-5-14-30/h3-29,50-51H,1-2H3. The molecule has 0 unspecified atom stereocenters. The predicted octanol–water partition coefficient (Wildman–Crippen LogP) is 11.0. The Kier molecular flexibility index (Phi) is 6.13. The number of anilines is 2. The number of benzene rings is 8. The number of aromatic nitrogens is 1. The highest BCUT2D eigenvalue weighted by atomic mass is 15.0. The van der Waals surface area contributed by atoms with Gasteiger partial charge in [-0.05, 0) is 85.2 Å². The largest absolute Gasteiger partial charge is 0.355 e. The number of nitrogens with one attached hydrogen (secondary N) is 1. The molecule has 0 spiro atoms. The van der Waals surface area contributed by atoms with Gasteiger partial charge in [-0.3, -0.25) is 0 Å². The Balaban J connectivity index is 1.18. The first-order valence-corrected chi connectivity index (χ1v) is 18.3. The molecular weight excluding hydrogens is 627 g/mol. The van der Waals surface area contributed by atoms with Gasteiger partial charge in [0.05, 0.1) is 5.69 Å². The van der Waals surface area contributed by atoms with Crippen LogP contribution in [0.3, 0.4) is 0 Å². The van der Waals surface area contributed by atoms with Gasteiger partial charge in [0.1, 0.15) is 0 Å². The minimum Gasteiger partial charge on any atom is -0.355 e. The van der Waals surface area contributed by atoms with E-state index in [1.165, 1.54) is 93.7 Å². The van der Waals surface area contributed by atoms with Crippen molar-refractivity contribution in [2.24, 2.45) is 0 Å². The van der Waals surface area contributed by atoms with E-state index in [4.69, 9.17) is 0 Å². The van der Waals surface area contributed by atoms with Gasteiger partial charge < -0.3 is 9.88 Å². The number of para-hydroxylation sites is 1. The highest BCUT2D eigenvalue weighted by Gasteiger charge is 2.42.